The van der Waals surface area contributed by atoms with Gasteiger partial charge in [-0.25, -0.2) is 9.59 Å². The maximum Gasteiger partial charge on any atom is 0.331 e. The number of esters is 1. The minimum absolute atomic E-state index is 0.122. The molecule has 0 unspecified atom stereocenters. The van der Waals surface area contributed by atoms with Crippen LogP contribution in [0.15, 0.2) is 51.1 Å². The summed E-state index contributed by atoms with van der Waals surface area (Å²) in [4.78, 5) is 37.2. The Morgan fingerprint density at radius 3 is 2.48 bits per heavy atom. The minimum atomic E-state index is -0.603. The Morgan fingerprint density at radius 2 is 1.89 bits per heavy atom. The number of rotatable bonds is 6. The predicted molar refractivity (Wildman–Crippen MR) is 104 cm³/mol. The van der Waals surface area contributed by atoms with Gasteiger partial charge in [0.1, 0.15) is 0 Å². The molecule has 2 aromatic rings. The molecular weight excluding hydrogens is 348 g/mol. The molecule has 0 spiro atoms. The highest BCUT2D eigenvalue weighted by Gasteiger charge is 2.15. The Morgan fingerprint density at radius 1 is 1.22 bits per heavy atom. The fourth-order valence-electron chi connectivity index (χ4n) is 2.41. The standard InChI is InChI=1S/C19H22N4O4/c1-21(2)20-12-16-15(10-11-17(24)27-4)18(25)23(19(26)22(16)3)13-14-8-6-5-7-9-14/h5-12H,13H2,1-4H3. The second-order valence-corrected chi connectivity index (χ2v) is 5.97. The first-order valence-corrected chi connectivity index (χ1v) is 8.20. The maximum absolute atomic E-state index is 13.0. The molecule has 0 fully saturated rings. The second-order valence-electron chi connectivity index (χ2n) is 5.97. The zero-order valence-electron chi connectivity index (χ0n) is 15.7. The van der Waals surface area contributed by atoms with Gasteiger partial charge in [0.05, 0.1) is 31.1 Å². The summed E-state index contributed by atoms with van der Waals surface area (Å²) in [6.45, 7) is 0.122. The van der Waals surface area contributed by atoms with Crippen molar-refractivity contribution in [2.24, 2.45) is 12.1 Å². The van der Waals surface area contributed by atoms with Crippen LogP contribution in [0, 0.1) is 0 Å². The van der Waals surface area contributed by atoms with Gasteiger partial charge >= 0.3 is 11.7 Å². The lowest BCUT2D eigenvalue weighted by atomic mass is 10.2. The van der Waals surface area contributed by atoms with E-state index in [4.69, 9.17) is 0 Å². The van der Waals surface area contributed by atoms with Crippen LogP contribution < -0.4 is 11.2 Å². The molecule has 0 aliphatic heterocycles. The van der Waals surface area contributed by atoms with Crippen LogP contribution in [0.4, 0.5) is 0 Å². The van der Waals surface area contributed by atoms with Crippen molar-refractivity contribution in [2.45, 2.75) is 6.54 Å². The summed E-state index contributed by atoms with van der Waals surface area (Å²) in [5, 5.41) is 5.65. The SMILES string of the molecule is COC(=O)C=Cc1c(C=NN(C)C)n(C)c(=O)n(Cc2ccccc2)c1=O. The summed E-state index contributed by atoms with van der Waals surface area (Å²) in [5.74, 6) is -0.603. The number of benzene rings is 1. The molecule has 8 heteroatoms. The largest absolute Gasteiger partial charge is 0.466 e. The van der Waals surface area contributed by atoms with Crippen LogP contribution >= 0.6 is 0 Å². The van der Waals surface area contributed by atoms with Crippen molar-refractivity contribution in [3.8, 4) is 0 Å². The molecule has 2 rings (SSSR count). The Kier molecular flexibility index (Phi) is 6.48. The number of hydrogen-bond donors (Lipinski definition) is 0. The number of ether oxygens (including phenoxy) is 1. The molecule has 0 aliphatic carbocycles. The second kappa shape index (κ2) is 8.79. The fraction of sp³-hybridized carbons (Fsp3) is 0.263. The summed E-state index contributed by atoms with van der Waals surface area (Å²) in [6.07, 6.45) is 3.89. The van der Waals surface area contributed by atoms with Crippen molar-refractivity contribution in [1.29, 1.82) is 0 Å². The fourth-order valence-corrected chi connectivity index (χ4v) is 2.41. The molecular formula is C19H22N4O4. The van der Waals surface area contributed by atoms with Crippen molar-refractivity contribution in [3.05, 3.63) is 74.1 Å². The number of aromatic nitrogens is 2. The van der Waals surface area contributed by atoms with E-state index < -0.39 is 17.2 Å². The van der Waals surface area contributed by atoms with E-state index in [2.05, 4.69) is 9.84 Å². The molecule has 0 amide bonds. The lowest BCUT2D eigenvalue weighted by Gasteiger charge is -2.13. The van der Waals surface area contributed by atoms with Crippen LogP contribution in [0.2, 0.25) is 0 Å². The molecule has 27 heavy (non-hydrogen) atoms. The van der Waals surface area contributed by atoms with Crippen LogP contribution in [-0.2, 0) is 23.1 Å². The first kappa shape index (κ1) is 19.9. The van der Waals surface area contributed by atoms with Crippen molar-refractivity contribution in [1.82, 2.24) is 14.1 Å². The zero-order chi connectivity index (χ0) is 20.0. The Hall–Kier alpha value is -3.42. The van der Waals surface area contributed by atoms with Gasteiger partial charge in [-0.1, -0.05) is 30.3 Å². The van der Waals surface area contributed by atoms with Crippen LogP contribution in [0.1, 0.15) is 16.8 Å². The molecule has 0 aliphatic rings. The molecule has 0 saturated carbocycles. The highest BCUT2D eigenvalue weighted by atomic mass is 16.5. The first-order chi connectivity index (χ1) is 12.8. The smallest absolute Gasteiger partial charge is 0.331 e. The van der Waals surface area contributed by atoms with Gasteiger partial charge in [-0.15, -0.1) is 0 Å². The summed E-state index contributed by atoms with van der Waals surface area (Å²) in [5.41, 5.74) is 0.295. The lowest BCUT2D eigenvalue weighted by molar-refractivity contribution is -0.134. The van der Waals surface area contributed by atoms with Crippen molar-refractivity contribution < 1.29 is 9.53 Å². The molecule has 8 nitrogen and oxygen atoms in total. The summed E-state index contributed by atoms with van der Waals surface area (Å²) < 4.78 is 7.04. The third-order valence-corrected chi connectivity index (χ3v) is 3.81. The van der Waals surface area contributed by atoms with Crippen LogP contribution in [0.25, 0.3) is 6.08 Å². The number of carbonyl (C=O) groups is 1. The quantitative estimate of drug-likeness (QED) is 0.323. The minimum Gasteiger partial charge on any atom is -0.466 e. The summed E-state index contributed by atoms with van der Waals surface area (Å²) in [6, 6.07) is 9.19. The van der Waals surface area contributed by atoms with Crippen LogP contribution in [0.3, 0.4) is 0 Å². The molecule has 0 saturated heterocycles. The third kappa shape index (κ3) is 4.81. The number of hydrazone groups is 1. The van der Waals surface area contributed by atoms with Gasteiger partial charge in [0.2, 0.25) is 0 Å². The zero-order valence-corrected chi connectivity index (χ0v) is 15.7. The molecule has 0 radical (unpaired) electrons. The van der Waals surface area contributed by atoms with Gasteiger partial charge < -0.3 is 9.75 Å². The predicted octanol–water partition coefficient (Wildman–Crippen LogP) is 0.677. The normalized spacial score (nSPS) is 11.3. The highest BCUT2D eigenvalue weighted by Crippen LogP contribution is 2.05. The monoisotopic (exact) mass is 370 g/mol. The number of carbonyl (C=O) groups excluding carboxylic acids is 1. The maximum atomic E-state index is 13.0. The topological polar surface area (TPSA) is 85.9 Å². The van der Waals surface area contributed by atoms with Gasteiger partial charge in [0.15, 0.2) is 0 Å². The number of hydrogen-bond acceptors (Lipinski definition) is 6. The van der Waals surface area contributed by atoms with E-state index in [1.807, 2.05) is 30.3 Å². The Bertz CT molecular complexity index is 985. The van der Waals surface area contributed by atoms with E-state index >= 15 is 0 Å². The molecule has 142 valence electrons. The average Bonchev–Trinajstić information content (AvgIpc) is 2.66. The Labute approximate surface area is 156 Å². The van der Waals surface area contributed by atoms with Gasteiger partial charge in [-0.2, -0.15) is 5.10 Å². The van der Waals surface area contributed by atoms with E-state index in [1.165, 1.54) is 29.0 Å². The highest BCUT2D eigenvalue weighted by molar-refractivity contribution is 5.90. The Balaban J connectivity index is 2.68. The van der Waals surface area contributed by atoms with Crippen molar-refractivity contribution >= 4 is 18.3 Å². The molecule has 1 aromatic heterocycles. The molecule has 0 bridgehead atoms. The van der Waals surface area contributed by atoms with Gasteiger partial charge in [0.25, 0.3) is 5.56 Å². The van der Waals surface area contributed by atoms with Crippen molar-refractivity contribution in [2.75, 3.05) is 21.2 Å². The van der Waals surface area contributed by atoms with E-state index in [0.29, 0.717) is 5.69 Å². The molecule has 0 atom stereocenters. The summed E-state index contributed by atoms with van der Waals surface area (Å²) in [7, 11) is 6.23. The van der Waals surface area contributed by atoms with E-state index in [1.54, 1.807) is 21.1 Å². The number of nitrogens with zero attached hydrogens (tertiary/aromatic N) is 4. The van der Waals surface area contributed by atoms with Gasteiger partial charge in [-0.05, 0) is 11.6 Å². The van der Waals surface area contributed by atoms with E-state index in [9.17, 15) is 14.4 Å². The van der Waals surface area contributed by atoms with E-state index in [-0.39, 0.29) is 12.1 Å². The van der Waals surface area contributed by atoms with Crippen LogP contribution in [-0.4, -0.2) is 47.5 Å². The number of methoxy groups -OCH3 is 1. The van der Waals surface area contributed by atoms with Gasteiger partial charge in [0, 0.05) is 27.2 Å². The third-order valence-electron chi connectivity index (χ3n) is 3.81. The average molecular weight is 370 g/mol. The lowest BCUT2D eigenvalue weighted by Crippen LogP contribution is -2.42. The first-order valence-electron chi connectivity index (χ1n) is 8.20. The van der Waals surface area contributed by atoms with E-state index in [0.717, 1.165) is 16.2 Å². The van der Waals surface area contributed by atoms with Crippen molar-refractivity contribution in [3.63, 3.8) is 0 Å². The molecule has 0 N–H and O–H groups in total. The molecule has 1 heterocycles. The molecule has 1 aromatic carbocycles. The van der Waals surface area contributed by atoms with Crippen LogP contribution in [0.5, 0.6) is 0 Å². The summed E-state index contributed by atoms with van der Waals surface area (Å²) >= 11 is 0. The van der Waals surface area contributed by atoms with Gasteiger partial charge in [-0.3, -0.25) is 13.9 Å².